The number of anilines is 2. The van der Waals surface area contributed by atoms with E-state index >= 15 is 0 Å². The summed E-state index contributed by atoms with van der Waals surface area (Å²) in [5.41, 5.74) is 2.69. The van der Waals surface area contributed by atoms with Crippen molar-refractivity contribution in [3.63, 3.8) is 0 Å². The van der Waals surface area contributed by atoms with Crippen molar-refractivity contribution < 1.29 is 24.6 Å². The number of hydroxylamine groups is 1. The molecule has 8 nitrogen and oxygen atoms in total. The zero-order valence-electron chi connectivity index (χ0n) is 14.3. The molecule has 1 aromatic carbocycles. The standard InChI is InChI=1S/C14H21N3OS.C2H2O4/c1-15-14-17(18-2)13-11(7-6-8-12(13)19-14)16-9-4-3-5-10-16;3-1(4)2(5)6/h6-8,14-15H,3-5,9-10H2,1-2H3;(H,3,4)(H,5,6). The molecule has 3 N–H and O–H groups in total. The number of carbonyl (C=O) groups is 2. The van der Waals surface area contributed by atoms with E-state index in [1.165, 1.54) is 35.5 Å². The molecular weight excluding hydrogens is 346 g/mol. The van der Waals surface area contributed by atoms with Gasteiger partial charge >= 0.3 is 11.9 Å². The molecule has 2 heterocycles. The monoisotopic (exact) mass is 369 g/mol. The van der Waals surface area contributed by atoms with Crippen molar-refractivity contribution in [3.05, 3.63) is 18.2 Å². The summed E-state index contributed by atoms with van der Waals surface area (Å²) in [5, 5.41) is 20.1. The summed E-state index contributed by atoms with van der Waals surface area (Å²) in [4.78, 5) is 27.6. The molecular formula is C16H23N3O5S. The molecule has 0 aromatic heterocycles. The minimum absolute atomic E-state index is 0.158. The fourth-order valence-corrected chi connectivity index (χ4v) is 3.97. The van der Waals surface area contributed by atoms with Crippen LogP contribution in [0.1, 0.15) is 19.3 Å². The number of hydrogen-bond donors (Lipinski definition) is 3. The number of carboxylic acids is 2. The zero-order chi connectivity index (χ0) is 18.4. The molecule has 1 aromatic rings. The van der Waals surface area contributed by atoms with E-state index in [4.69, 9.17) is 24.6 Å². The third-order valence-electron chi connectivity index (χ3n) is 3.97. The van der Waals surface area contributed by atoms with E-state index in [2.05, 4.69) is 28.4 Å². The predicted molar refractivity (Wildman–Crippen MR) is 96.0 cm³/mol. The molecule has 9 heteroatoms. The molecule has 0 saturated carbocycles. The largest absolute Gasteiger partial charge is 0.473 e. The Morgan fingerprint density at radius 1 is 1.20 bits per heavy atom. The second kappa shape index (κ2) is 8.93. The SMILES string of the molecule is CNC1Sc2cccc(N3CCCCC3)c2N1OC.O=C(O)C(=O)O. The maximum atomic E-state index is 9.10. The van der Waals surface area contributed by atoms with Gasteiger partial charge in [-0.25, -0.2) is 14.7 Å². The Morgan fingerprint density at radius 3 is 2.36 bits per heavy atom. The minimum Gasteiger partial charge on any atom is -0.473 e. The highest BCUT2D eigenvalue weighted by Crippen LogP contribution is 2.48. The number of aliphatic carboxylic acids is 2. The first-order chi connectivity index (χ1) is 12.0. The topological polar surface area (TPSA) is 102 Å². The Hall–Kier alpha value is -1.97. The Morgan fingerprint density at radius 2 is 1.84 bits per heavy atom. The van der Waals surface area contributed by atoms with Gasteiger partial charge in [0.2, 0.25) is 0 Å². The summed E-state index contributed by atoms with van der Waals surface area (Å²) in [7, 11) is 3.71. The molecule has 0 radical (unpaired) electrons. The second-order valence-electron chi connectivity index (χ2n) is 5.55. The number of carboxylic acid groups (broad SMARTS) is 2. The maximum absolute atomic E-state index is 9.10. The van der Waals surface area contributed by atoms with Gasteiger partial charge in [0.25, 0.3) is 0 Å². The van der Waals surface area contributed by atoms with Crippen LogP contribution < -0.4 is 15.3 Å². The molecule has 3 rings (SSSR count). The number of fused-ring (bicyclic) bond motifs is 1. The smallest absolute Gasteiger partial charge is 0.414 e. The summed E-state index contributed by atoms with van der Waals surface area (Å²) < 4.78 is 0. The van der Waals surface area contributed by atoms with Gasteiger partial charge in [0.05, 0.1) is 12.8 Å². The average Bonchev–Trinajstić information content (AvgIpc) is 3.00. The second-order valence-corrected chi connectivity index (χ2v) is 6.67. The molecule has 0 bridgehead atoms. The third-order valence-corrected chi connectivity index (χ3v) is 5.21. The lowest BCUT2D eigenvalue weighted by Crippen LogP contribution is -2.39. The number of rotatable bonds is 3. The molecule has 1 fully saturated rings. The number of benzene rings is 1. The van der Waals surface area contributed by atoms with Crippen LogP contribution in [0.4, 0.5) is 11.4 Å². The van der Waals surface area contributed by atoms with Crippen LogP contribution in [-0.4, -0.2) is 54.9 Å². The van der Waals surface area contributed by atoms with Crippen LogP contribution in [0.5, 0.6) is 0 Å². The Kier molecular flexibility index (Phi) is 6.91. The van der Waals surface area contributed by atoms with Crippen LogP contribution in [0.25, 0.3) is 0 Å². The van der Waals surface area contributed by atoms with Gasteiger partial charge in [-0.05, 0) is 38.4 Å². The molecule has 1 atom stereocenters. The third kappa shape index (κ3) is 4.56. The Labute approximate surface area is 150 Å². The number of piperidine rings is 1. The van der Waals surface area contributed by atoms with Gasteiger partial charge in [0.1, 0.15) is 5.69 Å². The quantitative estimate of drug-likeness (QED) is 0.688. The van der Waals surface area contributed by atoms with Gasteiger partial charge < -0.3 is 15.1 Å². The van der Waals surface area contributed by atoms with E-state index in [0.717, 1.165) is 13.1 Å². The summed E-state index contributed by atoms with van der Waals surface area (Å²) in [5.74, 6) is -3.65. The van der Waals surface area contributed by atoms with Gasteiger partial charge in [0, 0.05) is 18.0 Å². The highest BCUT2D eigenvalue weighted by Gasteiger charge is 2.33. The van der Waals surface area contributed by atoms with E-state index < -0.39 is 11.9 Å². The van der Waals surface area contributed by atoms with Crippen molar-refractivity contribution in [1.82, 2.24) is 5.32 Å². The van der Waals surface area contributed by atoms with E-state index in [9.17, 15) is 0 Å². The molecule has 1 unspecified atom stereocenters. The van der Waals surface area contributed by atoms with Crippen LogP contribution >= 0.6 is 11.8 Å². The van der Waals surface area contributed by atoms with E-state index in [1.54, 1.807) is 7.11 Å². The van der Waals surface area contributed by atoms with E-state index in [-0.39, 0.29) is 5.50 Å². The van der Waals surface area contributed by atoms with Crippen LogP contribution in [0.2, 0.25) is 0 Å². The van der Waals surface area contributed by atoms with Crippen molar-refractivity contribution in [2.24, 2.45) is 0 Å². The first-order valence-corrected chi connectivity index (χ1v) is 8.89. The van der Waals surface area contributed by atoms with Gasteiger partial charge in [-0.1, -0.05) is 17.8 Å². The van der Waals surface area contributed by atoms with Crippen LogP contribution in [0.3, 0.4) is 0 Å². The number of thioether (sulfide) groups is 1. The lowest BCUT2D eigenvalue weighted by atomic mass is 10.1. The summed E-state index contributed by atoms with van der Waals surface area (Å²) >= 11 is 1.81. The van der Waals surface area contributed by atoms with Gasteiger partial charge in [0.15, 0.2) is 5.50 Å². The summed E-state index contributed by atoms with van der Waals surface area (Å²) in [6, 6.07) is 6.55. The van der Waals surface area contributed by atoms with Crippen LogP contribution in [0.15, 0.2) is 23.1 Å². The highest BCUT2D eigenvalue weighted by atomic mass is 32.2. The van der Waals surface area contributed by atoms with E-state index in [0.29, 0.717) is 0 Å². The van der Waals surface area contributed by atoms with Crippen molar-refractivity contribution in [1.29, 1.82) is 0 Å². The number of nitrogens with one attached hydrogen (secondary N) is 1. The molecule has 1 saturated heterocycles. The molecule has 138 valence electrons. The molecule has 0 aliphatic carbocycles. The molecule has 0 amide bonds. The fourth-order valence-electron chi connectivity index (χ4n) is 2.87. The number of para-hydroxylation sites is 1. The van der Waals surface area contributed by atoms with E-state index in [1.807, 2.05) is 23.9 Å². The molecule has 2 aliphatic heterocycles. The lowest BCUT2D eigenvalue weighted by molar-refractivity contribution is -0.159. The normalized spacial score (nSPS) is 19.0. The molecule has 0 spiro atoms. The zero-order valence-corrected chi connectivity index (χ0v) is 15.1. The predicted octanol–water partition coefficient (Wildman–Crippen LogP) is 1.81. The van der Waals surface area contributed by atoms with Crippen molar-refractivity contribution >= 4 is 35.1 Å². The number of nitrogens with zero attached hydrogens (tertiary/aromatic N) is 2. The fraction of sp³-hybridized carbons (Fsp3) is 0.500. The van der Waals surface area contributed by atoms with Crippen molar-refractivity contribution in [2.45, 2.75) is 29.7 Å². The lowest BCUT2D eigenvalue weighted by Gasteiger charge is -2.32. The number of hydrogen-bond acceptors (Lipinski definition) is 7. The summed E-state index contributed by atoms with van der Waals surface area (Å²) in [6.07, 6.45) is 3.94. The van der Waals surface area contributed by atoms with Crippen molar-refractivity contribution in [2.75, 3.05) is 37.2 Å². The minimum atomic E-state index is -1.82. The Bertz CT molecular complexity index is 610. The maximum Gasteiger partial charge on any atom is 0.414 e. The first-order valence-electron chi connectivity index (χ1n) is 8.01. The van der Waals surface area contributed by atoms with Gasteiger partial charge in [-0.2, -0.15) is 0 Å². The van der Waals surface area contributed by atoms with Crippen LogP contribution in [0, 0.1) is 0 Å². The summed E-state index contributed by atoms with van der Waals surface area (Å²) in [6.45, 7) is 2.31. The van der Waals surface area contributed by atoms with Gasteiger partial charge in [-0.3, -0.25) is 10.2 Å². The highest BCUT2D eigenvalue weighted by molar-refractivity contribution is 8.00. The molecule has 2 aliphatic rings. The Balaban J connectivity index is 0.000000326. The average molecular weight is 369 g/mol. The van der Waals surface area contributed by atoms with Crippen LogP contribution in [-0.2, 0) is 14.4 Å². The first kappa shape index (κ1) is 19.4. The van der Waals surface area contributed by atoms with Gasteiger partial charge in [-0.15, -0.1) is 0 Å². The van der Waals surface area contributed by atoms with Crippen molar-refractivity contribution in [3.8, 4) is 0 Å². The molecule has 25 heavy (non-hydrogen) atoms.